The Morgan fingerprint density at radius 3 is 2.59 bits per heavy atom. The summed E-state index contributed by atoms with van der Waals surface area (Å²) in [5.41, 5.74) is 6.27. The summed E-state index contributed by atoms with van der Waals surface area (Å²) in [6, 6.07) is 7.18. The maximum Gasteiger partial charge on any atom is 0.455 e. The second kappa shape index (κ2) is 10.7. The normalized spacial score (nSPS) is 12.3. The minimum Gasteiger partial charge on any atom is -0.368 e. The van der Waals surface area contributed by atoms with Gasteiger partial charge >= 0.3 is 6.18 Å². The van der Waals surface area contributed by atoms with Gasteiger partial charge in [0.05, 0.1) is 27.7 Å². The number of amides is 2. The Morgan fingerprint density at radius 2 is 1.97 bits per heavy atom. The number of nitrogens with two attached hydrogens (primary N) is 1. The number of tetrazole rings is 1. The van der Waals surface area contributed by atoms with Crippen molar-refractivity contribution < 1.29 is 27.9 Å². The molecule has 0 saturated carbocycles. The molecule has 1 atom stereocenters. The molecule has 4 rings (SSSR count). The van der Waals surface area contributed by atoms with Crippen LogP contribution in [0, 0.1) is 6.92 Å². The summed E-state index contributed by atoms with van der Waals surface area (Å²) in [5.74, 6) is -2.63. The van der Waals surface area contributed by atoms with Gasteiger partial charge in [-0.15, -0.1) is 10.2 Å². The van der Waals surface area contributed by atoms with E-state index >= 15 is 0 Å². The SMILES string of the molecule is CNC(=O)c1cc(C(N)=O)cc(C)c1NC(O)c1cc(Cn2nnc(C(F)(F)F)n2)nn1-c1ncccc1Cl. The zero-order chi connectivity index (χ0) is 28.5. The van der Waals surface area contributed by atoms with Crippen LogP contribution in [0.3, 0.4) is 0 Å². The van der Waals surface area contributed by atoms with Crippen LogP contribution in [0.15, 0.2) is 36.5 Å². The summed E-state index contributed by atoms with van der Waals surface area (Å²) in [4.78, 5) is 29.2. The van der Waals surface area contributed by atoms with Crippen molar-refractivity contribution in [1.82, 2.24) is 40.3 Å². The number of anilines is 1. The highest BCUT2D eigenvalue weighted by Crippen LogP contribution is 2.29. The lowest BCUT2D eigenvalue weighted by molar-refractivity contribution is -0.145. The van der Waals surface area contributed by atoms with E-state index in [9.17, 15) is 27.9 Å². The predicted octanol–water partition coefficient (Wildman–Crippen LogP) is 1.84. The summed E-state index contributed by atoms with van der Waals surface area (Å²) in [7, 11) is 1.39. The predicted molar refractivity (Wildman–Crippen MR) is 130 cm³/mol. The van der Waals surface area contributed by atoms with E-state index in [1.807, 2.05) is 0 Å². The van der Waals surface area contributed by atoms with Gasteiger partial charge in [0.2, 0.25) is 5.91 Å². The van der Waals surface area contributed by atoms with Crippen LogP contribution in [-0.4, -0.2) is 58.9 Å². The average molecular weight is 565 g/mol. The fourth-order valence-electron chi connectivity index (χ4n) is 3.64. The highest BCUT2D eigenvalue weighted by Gasteiger charge is 2.37. The van der Waals surface area contributed by atoms with E-state index < -0.39 is 30.0 Å². The van der Waals surface area contributed by atoms with Crippen molar-refractivity contribution in [2.45, 2.75) is 25.9 Å². The number of pyridine rings is 1. The largest absolute Gasteiger partial charge is 0.455 e. The number of hydrogen-bond acceptors (Lipinski definition) is 9. The number of nitrogens with zero attached hydrogens (tertiary/aromatic N) is 7. The van der Waals surface area contributed by atoms with E-state index in [2.05, 4.69) is 36.1 Å². The first-order chi connectivity index (χ1) is 18.4. The fourth-order valence-corrected chi connectivity index (χ4v) is 3.84. The van der Waals surface area contributed by atoms with Crippen LogP contribution in [0.4, 0.5) is 18.9 Å². The molecule has 0 bridgehead atoms. The summed E-state index contributed by atoms with van der Waals surface area (Å²) in [5, 5.41) is 30.7. The van der Waals surface area contributed by atoms with Gasteiger partial charge in [-0.05, 0) is 48.0 Å². The van der Waals surface area contributed by atoms with Crippen molar-refractivity contribution in [1.29, 1.82) is 0 Å². The van der Waals surface area contributed by atoms with Gasteiger partial charge in [0, 0.05) is 18.8 Å². The van der Waals surface area contributed by atoms with Crippen LogP contribution in [0.2, 0.25) is 5.02 Å². The first-order valence-corrected chi connectivity index (χ1v) is 11.4. The molecule has 1 aromatic carbocycles. The minimum absolute atomic E-state index is 0.0269. The Hall–Kier alpha value is -4.57. The highest BCUT2D eigenvalue weighted by molar-refractivity contribution is 6.32. The number of aliphatic hydroxyl groups excluding tert-OH is 1. The number of nitrogens with one attached hydrogen (secondary N) is 2. The molecule has 1 unspecified atom stereocenters. The molecule has 0 spiro atoms. The minimum atomic E-state index is -4.78. The van der Waals surface area contributed by atoms with E-state index in [1.54, 1.807) is 13.0 Å². The Bertz CT molecular complexity index is 1550. The summed E-state index contributed by atoms with van der Waals surface area (Å²) < 4.78 is 39.8. The van der Waals surface area contributed by atoms with E-state index in [0.29, 0.717) is 10.4 Å². The average Bonchev–Trinajstić information content (AvgIpc) is 3.52. The molecule has 0 aliphatic rings. The van der Waals surface area contributed by atoms with Gasteiger partial charge in [0.25, 0.3) is 11.7 Å². The third-order valence-corrected chi connectivity index (χ3v) is 5.68. The summed E-state index contributed by atoms with van der Waals surface area (Å²) >= 11 is 6.29. The van der Waals surface area contributed by atoms with Crippen LogP contribution >= 0.6 is 11.6 Å². The number of aryl methyl sites for hydroxylation is 1. The fraction of sp³-hybridized carbons (Fsp3) is 0.227. The van der Waals surface area contributed by atoms with Crippen LogP contribution < -0.4 is 16.4 Å². The van der Waals surface area contributed by atoms with Gasteiger partial charge in [0.1, 0.15) is 6.54 Å². The Morgan fingerprint density at radius 1 is 1.23 bits per heavy atom. The molecule has 5 N–H and O–H groups in total. The van der Waals surface area contributed by atoms with Crippen molar-refractivity contribution in [3.05, 3.63) is 75.5 Å². The number of alkyl halides is 3. The molecule has 0 aliphatic heterocycles. The van der Waals surface area contributed by atoms with E-state index in [1.165, 1.54) is 42.2 Å². The molecule has 3 aromatic heterocycles. The smallest absolute Gasteiger partial charge is 0.368 e. The Labute approximate surface area is 222 Å². The molecule has 13 nitrogen and oxygen atoms in total. The van der Waals surface area contributed by atoms with Gasteiger partial charge in [-0.1, -0.05) is 11.6 Å². The number of halogens is 4. The van der Waals surface area contributed by atoms with Crippen LogP contribution in [0.25, 0.3) is 5.82 Å². The molecular weight excluding hydrogens is 545 g/mol. The quantitative estimate of drug-likeness (QED) is 0.232. The number of carbonyl (C=O) groups is 2. The third kappa shape index (κ3) is 5.80. The first kappa shape index (κ1) is 27.5. The van der Waals surface area contributed by atoms with E-state index in [-0.39, 0.29) is 45.6 Å². The maximum absolute atomic E-state index is 12.9. The van der Waals surface area contributed by atoms with Gasteiger partial charge in [-0.25, -0.2) is 9.67 Å². The molecular formula is C22H20ClF3N10O3. The third-order valence-electron chi connectivity index (χ3n) is 5.39. The lowest BCUT2D eigenvalue weighted by Crippen LogP contribution is -2.24. The second-order valence-electron chi connectivity index (χ2n) is 8.13. The lowest BCUT2D eigenvalue weighted by Gasteiger charge is -2.20. The van der Waals surface area contributed by atoms with Crippen LogP contribution in [-0.2, 0) is 12.7 Å². The zero-order valence-electron chi connectivity index (χ0n) is 20.2. The maximum atomic E-state index is 12.9. The number of rotatable bonds is 8. The van der Waals surface area contributed by atoms with E-state index in [0.717, 1.165) is 0 Å². The molecule has 4 aromatic rings. The number of aromatic nitrogens is 7. The number of aliphatic hydroxyl groups is 1. The Kier molecular flexibility index (Phi) is 7.51. The van der Waals surface area contributed by atoms with Crippen molar-refractivity contribution in [3.63, 3.8) is 0 Å². The van der Waals surface area contributed by atoms with Crippen LogP contribution in [0.5, 0.6) is 0 Å². The van der Waals surface area contributed by atoms with Gasteiger partial charge in [-0.3, -0.25) is 9.59 Å². The van der Waals surface area contributed by atoms with Crippen molar-refractivity contribution >= 4 is 29.1 Å². The molecule has 3 heterocycles. The number of hydrogen-bond donors (Lipinski definition) is 4. The van der Waals surface area contributed by atoms with Gasteiger partial charge in [0.15, 0.2) is 12.0 Å². The molecule has 204 valence electrons. The van der Waals surface area contributed by atoms with Gasteiger partial charge < -0.3 is 21.5 Å². The van der Waals surface area contributed by atoms with Crippen molar-refractivity contribution in [3.8, 4) is 5.82 Å². The number of carbonyl (C=O) groups excluding carboxylic acids is 2. The van der Waals surface area contributed by atoms with Crippen LogP contribution in [0.1, 0.15) is 49.7 Å². The van der Waals surface area contributed by atoms with Gasteiger partial charge in [-0.2, -0.15) is 23.1 Å². The van der Waals surface area contributed by atoms with E-state index in [4.69, 9.17) is 17.3 Å². The molecule has 0 aliphatic carbocycles. The monoisotopic (exact) mass is 564 g/mol. The molecule has 2 amide bonds. The lowest BCUT2D eigenvalue weighted by atomic mass is 10.0. The molecule has 0 fully saturated rings. The molecule has 17 heteroatoms. The Balaban J connectivity index is 1.76. The molecule has 0 saturated heterocycles. The number of benzene rings is 1. The second-order valence-corrected chi connectivity index (χ2v) is 8.54. The zero-order valence-corrected chi connectivity index (χ0v) is 21.0. The van der Waals surface area contributed by atoms with Crippen molar-refractivity contribution in [2.75, 3.05) is 12.4 Å². The summed E-state index contributed by atoms with van der Waals surface area (Å²) in [6.45, 7) is 1.26. The molecule has 0 radical (unpaired) electrons. The first-order valence-electron chi connectivity index (χ1n) is 11.0. The van der Waals surface area contributed by atoms with Crippen molar-refractivity contribution in [2.24, 2.45) is 5.73 Å². The topological polar surface area (TPSA) is 179 Å². The highest BCUT2D eigenvalue weighted by atomic mass is 35.5. The number of primary amides is 1. The summed E-state index contributed by atoms with van der Waals surface area (Å²) in [6.07, 6.45) is -4.91. The molecule has 39 heavy (non-hydrogen) atoms. The standard InChI is InChI=1S/C22H20ClF3N10O3/c1-10-6-11(17(27)37)7-13(19(38)28-2)16(10)30-20(39)15-8-12(9-35-33-21(31-34-35)22(24,25)26)32-36(15)18-14(23)4-3-5-29-18/h3-8,20,30,39H,9H2,1-2H3,(H2,27,37)(H,28,38).